The molecule has 0 N–H and O–H groups in total. The topological polar surface area (TPSA) is 43.4 Å². The molecule has 0 heterocycles. The number of rotatable bonds is 6. The van der Waals surface area contributed by atoms with Crippen LogP contribution in [-0.4, -0.2) is 28.3 Å². The van der Waals surface area contributed by atoms with Crippen molar-refractivity contribution >= 4 is 18.2 Å². The van der Waals surface area contributed by atoms with Crippen LogP contribution in [0.4, 0.5) is 0 Å². The Bertz CT molecular complexity index is 436. The van der Waals surface area contributed by atoms with Gasteiger partial charge in [-0.25, -0.2) is 0 Å². The summed E-state index contributed by atoms with van der Waals surface area (Å²) in [7, 11) is -4.83. The van der Waals surface area contributed by atoms with Crippen LogP contribution in [0.5, 0.6) is 0 Å². The van der Waals surface area contributed by atoms with Crippen LogP contribution in [0.15, 0.2) is 0 Å². The van der Waals surface area contributed by atoms with E-state index < -0.39 is 23.8 Å². The normalized spacial score (nSPS) is 14.7. The fraction of sp³-hybridized carbons (Fsp3) is 0.857. The molecular formula is C14H28O3SSi. The van der Waals surface area contributed by atoms with E-state index in [4.69, 9.17) is 4.18 Å². The van der Waals surface area contributed by atoms with Crippen LogP contribution >= 0.6 is 0 Å². The second-order valence-corrected chi connectivity index (χ2v) is 13.6. The highest BCUT2D eigenvalue weighted by molar-refractivity contribution is 7.86. The van der Waals surface area contributed by atoms with Gasteiger partial charge in [-0.05, 0) is 20.3 Å². The third-order valence-electron chi connectivity index (χ3n) is 2.80. The van der Waals surface area contributed by atoms with Gasteiger partial charge in [0, 0.05) is 5.54 Å². The molecule has 0 radical (unpaired) electrons. The average molecular weight is 305 g/mol. The Morgan fingerprint density at radius 1 is 1.26 bits per heavy atom. The van der Waals surface area contributed by atoms with Gasteiger partial charge in [-0.15, -0.1) is 0 Å². The molecule has 1 atom stereocenters. The largest absolute Gasteiger partial charge is 0.265 e. The first-order valence-corrected chi connectivity index (χ1v) is 12.2. The third kappa shape index (κ3) is 9.25. The summed E-state index contributed by atoms with van der Waals surface area (Å²) in [5.41, 5.74) is -0.563. The molecule has 0 aliphatic heterocycles. The first kappa shape index (κ1) is 18.7. The van der Waals surface area contributed by atoms with Gasteiger partial charge >= 0.3 is 0 Å². The zero-order valence-corrected chi connectivity index (χ0v) is 15.1. The molecule has 0 aromatic rings. The highest BCUT2D eigenvalue weighted by Gasteiger charge is 2.26. The number of hydrogen-bond acceptors (Lipinski definition) is 3. The van der Waals surface area contributed by atoms with E-state index in [1.807, 2.05) is 0 Å². The summed E-state index contributed by atoms with van der Waals surface area (Å²) in [6.45, 7) is 12.5. The van der Waals surface area contributed by atoms with E-state index in [1.165, 1.54) is 0 Å². The van der Waals surface area contributed by atoms with Crippen LogP contribution in [0.25, 0.3) is 0 Å². The van der Waals surface area contributed by atoms with Crippen molar-refractivity contribution in [2.45, 2.75) is 70.8 Å². The predicted octanol–water partition coefficient (Wildman–Crippen LogP) is 3.64. The summed E-state index contributed by atoms with van der Waals surface area (Å²) in [5, 5.41) is 0. The maximum Gasteiger partial charge on any atom is 0.265 e. The Hall–Kier alpha value is -0.313. The zero-order valence-electron chi connectivity index (χ0n) is 13.3. The van der Waals surface area contributed by atoms with E-state index in [0.717, 1.165) is 25.5 Å². The molecule has 0 saturated heterocycles. The van der Waals surface area contributed by atoms with Gasteiger partial charge in [0.25, 0.3) is 10.1 Å². The van der Waals surface area contributed by atoms with Crippen molar-refractivity contribution in [3.63, 3.8) is 0 Å². The van der Waals surface area contributed by atoms with Crippen LogP contribution in [0.3, 0.4) is 0 Å². The van der Waals surface area contributed by atoms with Crippen molar-refractivity contribution in [1.82, 2.24) is 0 Å². The molecule has 3 nitrogen and oxygen atoms in total. The Labute approximate surface area is 120 Å². The summed E-state index contributed by atoms with van der Waals surface area (Å²) >= 11 is 0. The standard InChI is InChI=1S/C14H28O3SSi/c1-8-9-10-13(19(5,6)7)11-12-14(2,3)17-18(4,15)16/h13H,8-10H2,1-7H3. The maximum absolute atomic E-state index is 11.2. The summed E-state index contributed by atoms with van der Waals surface area (Å²) in [5.74, 6) is 6.29. The Balaban J connectivity index is 4.99. The smallest absolute Gasteiger partial charge is 0.251 e. The van der Waals surface area contributed by atoms with Crippen LogP contribution in [0.2, 0.25) is 25.2 Å². The molecule has 5 heteroatoms. The van der Waals surface area contributed by atoms with E-state index in [0.29, 0.717) is 5.54 Å². The lowest BCUT2D eigenvalue weighted by molar-refractivity contribution is 0.183. The molecule has 0 bridgehead atoms. The quantitative estimate of drug-likeness (QED) is 0.427. The highest BCUT2D eigenvalue weighted by atomic mass is 32.2. The van der Waals surface area contributed by atoms with Gasteiger partial charge in [0.2, 0.25) is 0 Å². The average Bonchev–Trinajstić information content (AvgIpc) is 2.11. The van der Waals surface area contributed by atoms with E-state index in [2.05, 4.69) is 38.4 Å². The molecule has 0 spiro atoms. The lowest BCUT2D eigenvalue weighted by atomic mass is 10.1. The number of unbranched alkanes of at least 4 members (excludes halogenated alkanes) is 1. The highest BCUT2D eigenvalue weighted by Crippen LogP contribution is 2.27. The van der Waals surface area contributed by atoms with Gasteiger partial charge in [-0.3, -0.25) is 4.18 Å². The van der Waals surface area contributed by atoms with E-state index in [-0.39, 0.29) is 0 Å². The Morgan fingerprint density at radius 2 is 1.79 bits per heavy atom. The molecule has 0 aliphatic carbocycles. The maximum atomic E-state index is 11.2. The van der Waals surface area contributed by atoms with Crippen LogP contribution < -0.4 is 0 Å². The minimum absolute atomic E-state index is 0.384. The van der Waals surface area contributed by atoms with Crippen molar-refractivity contribution in [3.8, 4) is 11.8 Å². The lowest BCUT2D eigenvalue weighted by Gasteiger charge is -2.25. The van der Waals surface area contributed by atoms with Crippen molar-refractivity contribution in [3.05, 3.63) is 0 Å². The Morgan fingerprint density at radius 3 is 2.16 bits per heavy atom. The van der Waals surface area contributed by atoms with Gasteiger partial charge in [-0.2, -0.15) is 8.42 Å². The molecular weight excluding hydrogens is 276 g/mol. The summed E-state index contributed by atoms with van der Waals surface area (Å²) < 4.78 is 27.4. The second-order valence-electron chi connectivity index (χ2n) is 6.63. The van der Waals surface area contributed by atoms with E-state index in [1.54, 1.807) is 13.8 Å². The Kier molecular flexibility index (Phi) is 6.80. The predicted molar refractivity (Wildman–Crippen MR) is 84.4 cm³/mol. The van der Waals surface area contributed by atoms with Gasteiger partial charge in [0.15, 0.2) is 0 Å². The monoisotopic (exact) mass is 304 g/mol. The van der Waals surface area contributed by atoms with Gasteiger partial charge < -0.3 is 0 Å². The molecule has 0 rings (SSSR count). The SMILES string of the molecule is CCCCC(C#CC(C)(C)OS(C)(=O)=O)[Si](C)(C)C. The summed E-state index contributed by atoms with van der Waals surface area (Å²) in [4.78, 5) is 0. The fourth-order valence-electron chi connectivity index (χ4n) is 1.79. The molecule has 0 aromatic heterocycles. The third-order valence-corrected chi connectivity index (χ3v) is 6.04. The van der Waals surface area contributed by atoms with Gasteiger partial charge in [-0.1, -0.05) is 51.2 Å². The second kappa shape index (κ2) is 6.92. The van der Waals surface area contributed by atoms with E-state index in [9.17, 15) is 8.42 Å². The van der Waals surface area contributed by atoms with Gasteiger partial charge in [0.1, 0.15) is 5.60 Å². The van der Waals surface area contributed by atoms with Crippen molar-refractivity contribution in [1.29, 1.82) is 0 Å². The van der Waals surface area contributed by atoms with Crippen LogP contribution in [0.1, 0.15) is 40.0 Å². The fourth-order valence-corrected chi connectivity index (χ4v) is 4.16. The lowest BCUT2D eigenvalue weighted by Crippen LogP contribution is -2.29. The van der Waals surface area contributed by atoms with Crippen LogP contribution in [0, 0.1) is 11.8 Å². The van der Waals surface area contributed by atoms with Crippen molar-refractivity contribution in [2.75, 3.05) is 6.26 Å². The molecule has 19 heavy (non-hydrogen) atoms. The molecule has 0 aliphatic rings. The molecule has 112 valence electrons. The summed E-state index contributed by atoms with van der Waals surface area (Å²) in [6, 6.07) is 0. The van der Waals surface area contributed by atoms with Gasteiger partial charge in [0.05, 0.1) is 14.3 Å². The first-order chi connectivity index (χ1) is 8.37. The molecule has 1 unspecified atom stereocenters. The van der Waals surface area contributed by atoms with Crippen molar-refractivity contribution < 1.29 is 12.6 Å². The van der Waals surface area contributed by atoms with Crippen molar-refractivity contribution in [2.24, 2.45) is 0 Å². The zero-order chi connectivity index (χ0) is 15.3. The number of hydrogen-bond donors (Lipinski definition) is 0. The minimum Gasteiger partial charge on any atom is -0.251 e. The molecule has 0 saturated carbocycles. The molecule has 0 amide bonds. The minimum atomic E-state index is -3.47. The first-order valence-electron chi connectivity index (χ1n) is 6.81. The molecule has 0 fully saturated rings. The van der Waals surface area contributed by atoms with Crippen LogP contribution in [-0.2, 0) is 14.3 Å². The van der Waals surface area contributed by atoms with E-state index >= 15 is 0 Å². The summed E-state index contributed by atoms with van der Waals surface area (Å²) in [6.07, 6.45) is 4.47. The molecule has 0 aromatic carbocycles.